The number of imidazole rings is 1. The summed E-state index contributed by atoms with van der Waals surface area (Å²) in [5.74, 6) is 0.538. The van der Waals surface area contributed by atoms with Crippen LogP contribution in [0.5, 0.6) is 0 Å². The van der Waals surface area contributed by atoms with Crippen molar-refractivity contribution in [3.05, 3.63) is 94.2 Å². The molecule has 0 aliphatic carbocycles. The molecule has 43 heavy (non-hydrogen) atoms. The van der Waals surface area contributed by atoms with Crippen molar-refractivity contribution in [3.63, 3.8) is 0 Å². The average molecular weight is 651 g/mol. The number of amides is 1. The van der Waals surface area contributed by atoms with E-state index in [1.165, 1.54) is 18.5 Å². The van der Waals surface area contributed by atoms with Crippen LogP contribution in [0.25, 0.3) is 22.6 Å². The Hall–Kier alpha value is -4.29. The van der Waals surface area contributed by atoms with E-state index >= 15 is 0 Å². The van der Waals surface area contributed by atoms with Gasteiger partial charge in [-0.05, 0) is 80.3 Å². The predicted molar refractivity (Wildman–Crippen MR) is 161 cm³/mol. The van der Waals surface area contributed by atoms with Crippen LogP contribution >= 0.6 is 15.9 Å². The summed E-state index contributed by atoms with van der Waals surface area (Å²) in [6, 6.07) is 17.6. The zero-order chi connectivity index (χ0) is 30.1. The van der Waals surface area contributed by atoms with Gasteiger partial charge in [0, 0.05) is 33.6 Å². The highest BCUT2D eigenvalue weighted by Gasteiger charge is 2.31. The lowest BCUT2D eigenvalue weighted by molar-refractivity contribution is -0.137. The van der Waals surface area contributed by atoms with E-state index in [4.69, 9.17) is 9.72 Å². The van der Waals surface area contributed by atoms with Gasteiger partial charge in [0.2, 0.25) is 0 Å². The van der Waals surface area contributed by atoms with E-state index in [1.54, 1.807) is 18.2 Å². The van der Waals surface area contributed by atoms with Crippen LogP contribution in [0, 0.1) is 6.92 Å². The molecule has 6 rings (SSSR count). The fourth-order valence-electron chi connectivity index (χ4n) is 5.04. The summed E-state index contributed by atoms with van der Waals surface area (Å²) in [5.41, 5.74) is 3.03. The molecule has 8 nitrogen and oxygen atoms in total. The fourth-order valence-corrected chi connectivity index (χ4v) is 5.29. The number of aryl methyl sites for hydroxylation is 1. The van der Waals surface area contributed by atoms with E-state index in [0.717, 1.165) is 41.4 Å². The molecule has 0 bridgehead atoms. The highest BCUT2D eigenvalue weighted by atomic mass is 79.9. The van der Waals surface area contributed by atoms with Crippen molar-refractivity contribution < 1.29 is 22.7 Å². The average Bonchev–Trinajstić information content (AvgIpc) is 3.40. The van der Waals surface area contributed by atoms with Crippen LogP contribution in [-0.2, 0) is 10.9 Å². The van der Waals surface area contributed by atoms with Gasteiger partial charge in [0.1, 0.15) is 18.4 Å². The van der Waals surface area contributed by atoms with Crippen molar-refractivity contribution in [2.45, 2.75) is 38.6 Å². The van der Waals surface area contributed by atoms with E-state index in [2.05, 4.69) is 36.5 Å². The van der Waals surface area contributed by atoms with Gasteiger partial charge in [0.25, 0.3) is 5.91 Å². The molecule has 1 atom stereocenters. The standard InChI is InChI=1S/C31H26BrF3N6O2/c1-18-14-20(11-12-24(18)32)30(42)39-22-8-4-6-19(15-22)28-40-26-27(38-23-9-5-7-21(16-23)31(33,34)35)36-17-37-29(26)41(28)25-10-2-3-13-43-25/h4-9,11-12,14-17,25H,2-3,10,13H2,1H3,(H,39,42)(H,36,37,38). The minimum atomic E-state index is -4.48. The maximum atomic E-state index is 13.3. The summed E-state index contributed by atoms with van der Waals surface area (Å²) in [5, 5.41) is 5.94. The first-order chi connectivity index (χ1) is 20.7. The third-order valence-electron chi connectivity index (χ3n) is 7.17. The number of carbonyl (C=O) groups is 1. The van der Waals surface area contributed by atoms with E-state index in [-0.39, 0.29) is 23.6 Å². The van der Waals surface area contributed by atoms with Gasteiger partial charge in [-0.15, -0.1) is 0 Å². The summed E-state index contributed by atoms with van der Waals surface area (Å²) < 4.78 is 49.0. The molecule has 0 saturated carbocycles. The van der Waals surface area contributed by atoms with Crippen LogP contribution in [0.1, 0.15) is 47.0 Å². The SMILES string of the molecule is Cc1cc(C(=O)Nc2cccc(-c3nc4c(Nc5cccc(C(F)(F)F)c5)ncnc4n3C3CCCCO3)c2)ccc1Br. The van der Waals surface area contributed by atoms with Crippen molar-refractivity contribution >= 4 is 50.2 Å². The van der Waals surface area contributed by atoms with Gasteiger partial charge in [-0.25, -0.2) is 15.0 Å². The van der Waals surface area contributed by atoms with Crippen LogP contribution in [0.2, 0.25) is 0 Å². The largest absolute Gasteiger partial charge is 0.416 e. The molecule has 1 saturated heterocycles. The number of ether oxygens (including phenoxy) is 1. The third kappa shape index (κ3) is 6.11. The first-order valence-electron chi connectivity index (χ1n) is 13.6. The topological polar surface area (TPSA) is 94.0 Å². The van der Waals surface area contributed by atoms with Crippen LogP contribution in [0.4, 0.5) is 30.4 Å². The maximum absolute atomic E-state index is 13.3. The first kappa shape index (κ1) is 28.8. The van der Waals surface area contributed by atoms with Crippen LogP contribution in [0.3, 0.4) is 0 Å². The highest BCUT2D eigenvalue weighted by molar-refractivity contribution is 9.10. The number of nitrogens with zero attached hydrogens (tertiary/aromatic N) is 4. The number of hydrogen-bond acceptors (Lipinski definition) is 6. The van der Waals surface area contributed by atoms with E-state index in [1.807, 2.05) is 35.8 Å². The molecule has 0 radical (unpaired) electrons. The Morgan fingerprint density at radius 1 is 1.02 bits per heavy atom. The number of benzene rings is 3. The van der Waals surface area contributed by atoms with Crippen LogP contribution in [-0.4, -0.2) is 32.0 Å². The summed E-state index contributed by atoms with van der Waals surface area (Å²) >= 11 is 3.46. The fraction of sp³-hybridized carbons (Fsp3) is 0.226. The monoisotopic (exact) mass is 650 g/mol. The molecule has 5 aromatic rings. The van der Waals surface area contributed by atoms with Crippen molar-refractivity contribution in [3.8, 4) is 11.4 Å². The van der Waals surface area contributed by atoms with Gasteiger partial charge >= 0.3 is 6.18 Å². The maximum Gasteiger partial charge on any atom is 0.416 e. The number of hydrogen-bond donors (Lipinski definition) is 2. The summed E-state index contributed by atoms with van der Waals surface area (Å²) in [4.78, 5) is 26.7. The molecule has 1 aliphatic heterocycles. The second kappa shape index (κ2) is 11.8. The van der Waals surface area contributed by atoms with Gasteiger partial charge < -0.3 is 15.4 Å². The summed E-state index contributed by atoms with van der Waals surface area (Å²) in [6.07, 6.45) is -0.866. The number of alkyl halides is 3. The van der Waals surface area contributed by atoms with E-state index in [0.29, 0.717) is 40.4 Å². The number of halogens is 4. The number of carbonyl (C=O) groups excluding carboxylic acids is 1. The van der Waals surface area contributed by atoms with Gasteiger partial charge in [-0.3, -0.25) is 9.36 Å². The molecule has 1 fully saturated rings. The molecular formula is C31H26BrF3N6O2. The van der Waals surface area contributed by atoms with Gasteiger partial charge in [0.15, 0.2) is 17.0 Å². The molecule has 3 aromatic carbocycles. The Bertz CT molecular complexity index is 1820. The minimum Gasteiger partial charge on any atom is -0.358 e. The van der Waals surface area contributed by atoms with Crippen LogP contribution < -0.4 is 10.6 Å². The van der Waals surface area contributed by atoms with Gasteiger partial charge in [-0.1, -0.05) is 34.1 Å². The molecule has 2 N–H and O–H groups in total. The molecule has 0 spiro atoms. The molecule has 3 heterocycles. The van der Waals surface area contributed by atoms with Crippen molar-refractivity contribution in [1.29, 1.82) is 0 Å². The molecule has 2 aromatic heterocycles. The second-order valence-corrected chi connectivity index (χ2v) is 11.1. The first-order valence-corrected chi connectivity index (χ1v) is 14.4. The Labute approximate surface area is 253 Å². The van der Waals surface area contributed by atoms with Crippen LogP contribution in [0.15, 0.2) is 77.5 Å². The second-order valence-electron chi connectivity index (χ2n) is 10.2. The lowest BCUT2D eigenvalue weighted by Crippen LogP contribution is -2.19. The lowest BCUT2D eigenvalue weighted by Gasteiger charge is -2.25. The Balaban J connectivity index is 1.39. The summed E-state index contributed by atoms with van der Waals surface area (Å²) in [7, 11) is 0. The van der Waals surface area contributed by atoms with Crippen molar-refractivity contribution in [2.24, 2.45) is 0 Å². The molecule has 1 amide bonds. The Morgan fingerprint density at radius 2 is 1.84 bits per heavy atom. The molecular weight excluding hydrogens is 625 g/mol. The minimum absolute atomic E-state index is 0.215. The Kier molecular flexibility index (Phi) is 7.89. The van der Waals surface area contributed by atoms with E-state index in [9.17, 15) is 18.0 Å². The number of nitrogens with one attached hydrogen (secondary N) is 2. The molecule has 1 unspecified atom stereocenters. The number of rotatable bonds is 6. The van der Waals surface area contributed by atoms with Crippen molar-refractivity contribution in [1.82, 2.24) is 19.5 Å². The van der Waals surface area contributed by atoms with Gasteiger partial charge in [0.05, 0.1) is 5.56 Å². The molecule has 220 valence electrons. The molecule has 12 heteroatoms. The normalized spacial score (nSPS) is 15.4. The van der Waals surface area contributed by atoms with E-state index < -0.39 is 11.7 Å². The lowest BCUT2D eigenvalue weighted by atomic mass is 10.1. The number of anilines is 3. The number of fused-ring (bicyclic) bond motifs is 1. The third-order valence-corrected chi connectivity index (χ3v) is 8.06. The summed E-state index contributed by atoms with van der Waals surface area (Å²) in [6.45, 7) is 2.49. The predicted octanol–water partition coefficient (Wildman–Crippen LogP) is 8.28. The quantitative estimate of drug-likeness (QED) is 0.192. The zero-order valence-corrected chi connectivity index (χ0v) is 24.5. The Morgan fingerprint density at radius 3 is 2.60 bits per heavy atom. The van der Waals surface area contributed by atoms with Crippen molar-refractivity contribution in [2.75, 3.05) is 17.2 Å². The molecule has 1 aliphatic rings. The highest BCUT2D eigenvalue weighted by Crippen LogP contribution is 2.36. The number of aromatic nitrogens is 4. The smallest absolute Gasteiger partial charge is 0.358 e. The van der Waals surface area contributed by atoms with Gasteiger partial charge in [-0.2, -0.15) is 13.2 Å². The zero-order valence-electron chi connectivity index (χ0n) is 23.0.